The number of anilines is 1. The molecule has 18 heavy (non-hydrogen) atoms. The standard InChI is InChI=1S/C12H10ClFIN3/c1-16-12-10(15)6-17-11(18-12)5-7-8(13)3-2-4-9(7)14/h2-4,6H,5H2,1H3,(H,16,17,18). The van der Waals surface area contributed by atoms with E-state index in [2.05, 4.69) is 37.9 Å². The smallest absolute Gasteiger partial charge is 0.142 e. The molecule has 0 unspecified atom stereocenters. The van der Waals surface area contributed by atoms with Gasteiger partial charge in [0, 0.05) is 30.3 Å². The van der Waals surface area contributed by atoms with Gasteiger partial charge in [0.2, 0.25) is 0 Å². The van der Waals surface area contributed by atoms with E-state index in [1.165, 1.54) is 6.07 Å². The SMILES string of the molecule is CNc1nc(Cc2c(F)cccc2Cl)ncc1I. The van der Waals surface area contributed by atoms with E-state index in [0.29, 0.717) is 16.4 Å². The number of nitrogens with zero attached hydrogens (tertiary/aromatic N) is 2. The predicted molar refractivity (Wildman–Crippen MR) is 78.5 cm³/mol. The Morgan fingerprint density at radius 1 is 1.44 bits per heavy atom. The molecule has 0 amide bonds. The quantitative estimate of drug-likeness (QED) is 0.832. The first-order chi connectivity index (χ1) is 8.61. The number of hydrogen-bond donors (Lipinski definition) is 1. The molecule has 3 nitrogen and oxygen atoms in total. The van der Waals surface area contributed by atoms with Crippen molar-refractivity contribution >= 4 is 40.0 Å². The molecule has 0 aliphatic carbocycles. The van der Waals surface area contributed by atoms with Gasteiger partial charge in [-0.3, -0.25) is 0 Å². The summed E-state index contributed by atoms with van der Waals surface area (Å²) in [4.78, 5) is 8.49. The number of rotatable bonds is 3. The molecule has 2 rings (SSSR count). The lowest BCUT2D eigenvalue weighted by Crippen LogP contribution is -2.04. The second-order valence-corrected chi connectivity index (χ2v) is 5.18. The fourth-order valence-corrected chi connectivity index (χ4v) is 2.28. The van der Waals surface area contributed by atoms with E-state index >= 15 is 0 Å². The van der Waals surface area contributed by atoms with Crippen LogP contribution in [0.15, 0.2) is 24.4 Å². The maximum absolute atomic E-state index is 13.6. The molecule has 1 heterocycles. The van der Waals surface area contributed by atoms with E-state index in [0.717, 1.165) is 9.39 Å². The van der Waals surface area contributed by atoms with E-state index in [4.69, 9.17) is 11.6 Å². The highest BCUT2D eigenvalue weighted by Gasteiger charge is 2.11. The van der Waals surface area contributed by atoms with Crippen molar-refractivity contribution in [3.8, 4) is 0 Å². The Labute approximate surface area is 123 Å². The van der Waals surface area contributed by atoms with Crippen LogP contribution in [-0.2, 0) is 6.42 Å². The summed E-state index contributed by atoms with van der Waals surface area (Å²) in [5.41, 5.74) is 0.419. The van der Waals surface area contributed by atoms with Crippen molar-refractivity contribution in [2.24, 2.45) is 0 Å². The molecule has 0 spiro atoms. The number of benzene rings is 1. The van der Waals surface area contributed by atoms with Crippen molar-refractivity contribution in [2.75, 3.05) is 12.4 Å². The predicted octanol–water partition coefficient (Wildman–Crippen LogP) is 3.51. The van der Waals surface area contributed by atoms with Crippen molar-refractivity contribution in [1.82, 2.24) is 9.97 Å². The Morgan fingerprint density at radius 2 is 2.22 bits per heavy atom. The Bertz CT molecular complexity index is 557. The number of halogens is 3. The maximum atomic E-state index is 13.6. The summed E-state index contributed by atoms with van der Waals surface area (Å²) in [7, 11) is 1.78. The zero-order chi connectivity index (χ0) is 13.1. The van der Waals surface area contributed by atoms with Crippen LogP contribution in [0, 0.1) is 9.39 Å². The van der Waals surface area contributed by atoms with Gasteiger partial charge < -0.3 is 5.32 Å². The molecular formula is C12H10ClFIN3. The van der Waals surface area contributed by atoms with Gasteiger partial charge in [0.25, 0.3) is 0 Å². The van der Waals surface area contributed by atoms with Crippen molar-refractivity contribution < 1.29 is 4.39 Å². The molecule has 0 aliphatic heterocycles. The molecule has 0 bridgehead atoms. The zero-order valence-corrected chi connectivity index (χ0v) is 12.5. The zero-order valence-electron chi connectivity index (χ0n) is 9.54. The van der Waals surface area contributed by atoms with Gasteiger partial charge in [0.1, 0.15) is 17.5 Å². The second-order valence-electron chi connectivity index (χ2n) is 3.61. The normalized spacial score (nSPS) is 10.4. The third-order valence-corrected chi connectivity index (χ3v) is 3.57. The lowest BCUT2D eigenvalue weighted by molar-refractivity contribution is 0.612. The van der Waals surface area contributed by atoms with Crippen LogP contribution in [0.3, 0.4) is 0 Å². The number of hydrogen-bond acceptors (Lipinski definition) is 3. The maximum Gasteiger partial charge on any atom is 0.142 e. The Balaban J connectivity index is 2.34. The summed E-state index contributed by atoms with van der Waals surface area (Å²) < 4.78 is 14.6. The fourth-order valence-electron chi connectivity index (χ4n) is 1.52. The minimum Gasteiger partial charge on any atom is -0.372 e. The van der Waals surface area contributed by atoms with Crippen LogP contribution in [-0.4, -0.2) is 17.0 Å². The highest BCUT2D eigenvalue weighted by atomic mass is 127. The van der Waals surface area contributed by atoms with Crippen molar-refractivity contribution in [1.29, 1.82) is 0 Å². The van der Waals surface area contributed by atoms with Gasteiger partial charge in [-0.25, -0.2) is 14.4 Å². The first-order valence-corrected chi connectivity index (χ1v) is 6.69. The summed E-state index contributed by atoms with van der Waals surface area (Å²) >= 11 is 8.11. The van der Waals surface area contributed by atoms with Gasteiger partial charge in [-0.2, -0.15) is 0 Å². The van der Waals surface area contributed by atoms with Gasteiger partial charge >= 0.3 is 0 Å². The van der Waals surface area contributed by atoms with Crippen molar-refractivity contribution in [3.05, 3.63) is 50.2 Å². The third-order valence-electron chi connectivity index (χ3n) is 2.43. The molecule has 0 saturated carbocycles. The summed E-state index contributed by atoms with van der Waals surface area (Å²) in [5.74, 6) is 0.926. The largest absolute Gasteiger partial charge is 0.372 e. The van der Waals surface area contributed by atoms with Crippen molar-refractivity contribution in [3.63, 3.8) is 0 Å². The molecular weight excluding hydrogens is 368 g/mol. The van der Waals surface area contributed by atoms with Gasteiger partial charge in [-0.05, 0) is 34.7 Å². The molecule has 6 heteroatoms. The highest BCUT2D eigenvalue weighted by molar-refractivity contribution is 14.1. The average Bonchev–Trinajstić information content (AvgIpc) is 2.36. The van der Waals surface area contributed by atoms with Crippen molar-refractivity contribution in [2.45, 2.75) is 6.42 Å². The van der Waals surface area contributed by atoms with Crippen LogP contribution in [0.5, 0.6) is 0 Å². The summed E-state index contributed by atoms with van der Waals surface area (Å²) in [6.45, 7) is 0. The fraction of sp³-hybridized carbons (Fsp3) is 0.167. The monoisotopic (exact) mass is 377 g/mol. The topological polar surface area (TPSA) is 37.8 Å². The van der Waals surface area contributed by atoms with Crippen LogP contribution >= 0.6 is 34.2 Å². The molecule has 1 N–H and O–H groups in total. The van der Waals surface area contributed by atoms with E-state index < -0.39 is 0 Å². The Morgan fingerprint density at radius 3 is 2.89 bits per heavy atom. The second kappa shape index (κ2) is 5.79. The summed E-state index contributed by atoms with van der Waals surface area (Å²) in [6, 6.07) is 4.62. The van der Waals surface area contributed by atoms with Gasteiger partial charge in [-0.1, -0.05) is 17.7 Å². The van der Waals surface area contributed by atoms with Crippen LogP contribution in [0.25, 0.3) is 0 Å². The van der Waals surface area contributed by atoms with E-state index in [1.807, 2.05) is 0 Å². The van der Waals surface area contributed by atoms with Gasteiger partial charge in [-0.15, -0.1) is 0 Å². The molecule has 0 fully saturated rings. The molecule has 0 atom stereocenters. The molecule has 1 aromatic carbocycles. The van der Waals surface area contributed by atoms with E-state index in [-0.39, 0.29) is 12.2 Å². The molecule has 2 aromatic rings. The van der Waals surface area contributed by atoms with E-state index in [1.54, 1.807) is 25.4 Å². The Hall–Kier alpha value is -0.950. The van der Waals surface area contributed by atoms with Crippen LogP contribution in [0.1, 0.15) is 11.4 Å². The number of aromatic nitrogens is 2. The van der Waals surface area contributed by atoms with E-state index in [9.17, 15) is 4.39 Å². The van der Waals surface area contributed by atoms with Gasteiger partial charge in [0.05, 0.1) is 3.57 Å². The molecule has 0 aliphatic rings. The minimum absolute atomic E-state index is 0.275. The minimum atomic E-state index is -0.337. The highest BCUT2D eigenvalue weighted by Crippen LogP contribution is 2.22. The molecule has 0 saturated heterocycles. The molecule has 0 radical (unpaired) electrons. The summed E-state index contributed by atoms with van der Waals surface area (Å²) in [5, 5.41) is 3.36. The van der Waals surface area contributed by atoms with Crippen LogP contribution in [0.2, 0.25) is 5.02 Å². The Kier molecular flexibility index (Phi) is 4.34. The lowest BCUT2D eigenvalue weighted by Gasteiger charge is -2.07. The van der Waals surface area contributed by atoms with Gasteiger partial charge in [0.15, 0.2) is 0 Å². The average molecular weight is 378 g/mol. The lowest BCUT2D eigenvalue weighted by atomic mass is 10.1. The number of nitrogens with one attached hydrogen (secondary N) is 1. The molecule has 1 aromatic heterocycles. The summed E-state index contributed by atoms with van der Waals surface area (Å²) in [6.07, 6.45) is 1.97. The third kappa shape index (κ3) is 2.89. The first kappa shape index (κ1) is 13.5. The first-order valence-electron chi connectivity index (χ1n) is 5.24. The van der Waals surface area contributed by atoms with Crippen LogP contribution < -0.4 is 5.32 Å². The molecule has 94 valence electrons. The van der Waals surface area contributed by atoms with Crippen LogP contribution in [0.4, 0.5) is 10.2 Å².